The number of aliphatic hydroxyl groups excluding tert-OH is 1. The third kappa shape index (κ3) is 66.4. The molecule has 662 valence electrons. The summed E-state index contributed by atoms with van der Waals surface area (Å²) in [6.07, 6.45) is 107. The topological polar surface area (TPSA) is 112 Å². The van der Waals surface area contributed by atoms with E-state index in [-0.39, 0.29) is 0 Å². The van der Waals surface area contributed by atoms with Crippen molar-refractivity contribution in [2.75, 3.05) is 6.61 Å². The second-order valence-corrected chi connectivity index (χ2v) is 37.2. The van der Waals surface area contributed by atoms with Gasteiger partial charge in [-0.1, -0.05) is 581 Å². The van der Waals surface area contributed by atoms with Gasteiger partial charge in [-0.05, 0) is 38.5 Å². The lowest BCUT2D eigenvalue weighted by Crippen LogP contribution is -2.72. The van der Waals surface area contributed by atoms with E-state index < -0.39 is 52.9 Å². The van der Waals surface area contributed by atoms with Crippen molar-refractivity contribution < 1.29 is 29.7 Å². The van der Waals surface area contributed by atoms with E-state index in [0.29, 0.717) is 38.5 Å². The van der Waals surface area contributed by atoms with Gasteiger partial charge in [0.05, 0.1) is 6.61 Å². The minimum absolute atomic E-state index is 0.532. The first kappa shape index (κ1) is 110. The van der Waals surface area contributed by atoms with Crippen LogP contribution in [0.5, 0.6) is 0 Å². The molecule has 0 aromatic heterocycles. The molecule has 1 atom stereocenters. The third-order valence-corrected chi connectivity index (χ3v) is 26.5. The van der Waals surface area contributed by atoms with Gasteiger partial charge in [0.25, 0.3) is 0 Å². The van der Waals surface area contributed by atoms with Crippen molar-refractivity contribution in [3.8, 4) is 0 Å². The van der Waals surface area contributed by atoms with E-state index in [4.69, 9.17) is 0 Å². The highest BCUT2D eigenvalue weighted by Crippen LogP contribution is 2.40. The third-order valence-electron chi connectivity index (χ3n) is 26.5. The van der Waals surface area contributed by atoms with E-state index in [1.54, 1.807) is 0 Å². The minimum atomic E-state index is -3.03. The van der Waals surface area contributed by atoms with Crippen molar-refractivity contribution in [1.82, 2.24) is 0 Å². The van der Waals surface area contributed by atoms with Crippen molar-refractivity contribution >= 4 is 17.3 Å². The Morgan fingerprint density at radius 3 is 0.378 bits per heavy atom. The first-order valence-corrected chi connectivity index (χ1v) is 52.3. The monoisotopic (exact) mass is 1560 g/mol. The number of aliphatic hydroxyl groups is 3. The molecule has 0 aromatic carbocycles. The van der Waals surface area contributed by atoms with Gasteiger partial charge in [-0.15, -0.1) is 0 Å². The molecule has 6 nitrogen and oxygen atoms in total. The normalized spacial score (nSPS) is 12.6. The average molecular weight is 1560 g/mol. The summed E-state index contributed by atoms with van der Waals surface area (Å²) in [6.45, 7) is 12.6. The molecule has 3 N–H and O–H groups in total. The molecule has 111 heavy (non-hydrogen) atoms. The van der Waals surface area contributed by atoms with Crippen LogP contribution < -0.4 is 0 Å². The van der Waals surface area contributed by atoms with Crippen LogP contribution in [0.1, 0.15) is 619 Å². The average Bonchev–Trinajstić information content (AvgIpc) is 0.734. The molecule has 0 amide bonds. The molecule has 6 heteroatoms. The molecule has 0 aliphatic rings. The standard InChI is InChI=1S/C105H206O6/c1-7-13-19-25-31-37-43-49-55-61-67-73-79-85-91-98(92-86-80-74-68-62-56-50-44-38-32-26-20-14-8-2)101(107)104(110,97-106)105(111,102(108)99(93-87-81-75-69-63-57-51-45-39-33-27-21-15-9-3)94-88-82-76-70-64-58-52-46-40-34-28-22-16-10-4)103(109)100(95-89-83-77-71-65-59-53-47-41-35-29-23-17-11-5)96-90-84-78-72-66-60-54-48-42-36-30-24-18-12-6/h98-100,106,110-111H,7-97H2,1-6H3. The fraction of sp³-hybridized carbons (Fsp3) is 0.971. The Bertz CT molecular complexity index is 1670. The first-order valence-electron chi connectivity index (χ1n) is 52.3. The van der Waals surface area contributed by atoms with Gasteiger partial charge in [0.1, 0.15) is 0 Å². The maximum Gasteiger partial charge on any atom is 0.220 e. The Hall–Kier alpha value is -1.11. The molecule has 0 radical (unpaired) electrons. The van der Waals surface area contributed by atoms with Crippen LogP contribution in [0.3, 0.4) is 0 Å². The molecule has 0 aromatic rings. The fourth-order valence-corrected chi connectivity index (χ4v) is 18.6. The molecule has 0 bridgehead atoms. The molecule has 0 heterocycles. The van der Waals surface area contributed by atoms with E-state index in [9.17, 15) is 15.3 Å². The number of hydrogen-bond donors (Lipinski definition) is 3. The maximum atomic E-state index is 16.5. The summed E-state index contributed by atoms with van der Waals surface area (Å²) in [4.78, 5) is 49.1. The fourth-order valence-electron chi connectivity index (χ4n) is 18.6. The Balaban J connectivity index is 7.33. The van der Waals surface area contributed by atoms with Crippen LogP contribution in [-0.4, -0.2) is 50.5 Å². The summed E-state index contributed by atoms with van der Waals surface area (Å²) in [5.74, 6) is -3.97. The number of carbonyl (C=O) groups is 3. The summed E-state index contributed by atoms with van der Waals surface area (Å²) in [7, 11) is 0. The molecular weight excluding hydrogens is 1360 g/mol. The van der Waals surface area contributed by atoms with Crippen LogP contribution >= 0.6 is 0 Å². The van der Waals surface area contributed by atoms with E-state index in [1.165, 1.54) is 424 Å². The van der Waals surface area contributed by atoms with Crippen LogP contribution in [0.4, 0.5) is 0 Å². The van der Waals surface area contributed by atoms with E-state index in [0.717, 1.165) is 116 Å². The largest absolute Gasteiger partial charge is 0.393 e. The highest BCUT2D eigenvalue weighted by molar-refractivity contribution is 6.17. The predicted molar refractivity (Wildman–Crippen MR) is 492 cm³/mol. The molecule has 0 saturated heterocycles. The van der Waals surface area contributed by atoms with Crippen LogP contribution in [0, 0.1) is 17.8 Å². The number of carbonyl (C=O) groups excluding carboxylic acids is 3. The Labute approximate surface area is 698 Å². The summed E-state index contributed by atoms with van der Waals surface area (Å²) in [5, 5.41) is 40.0. The van der Waals surface area contributed by atoms with Crippen LogP contribution in [0.2, 0.25) is 0 Å². The van der Waals surface area contributed by atoms with Crippen molar-refractivity contribution in [2.24, 2.45) is 17.8 Å². The van der Waals surface area contributed by atoms with E-state index in [1.807, 2.05) is 0 Å². The second kappa shape index (κ2) is 88.2. The van der Waals surface area contributed by atoms with Gasteiger partial charge in [0, 0.05) is 17.8 Å². The zero-order valence-corrected chi connectivity index (χ0v) is 77.1. The molecule has 0 saturated carbocycles. The summed E-state index contributed by atoms with van der Waals surface area (Å²) >= 11 is 0. The summed E-state index contributed by atoms with van der Waals surface area (Å²) in [6, 6.07) is 0. The van der Waals surface area contributed by atoms with E-state index in [2.05, 4.69) is 41.5 Å². The van der Waals surface area contributed by atoms with Crippen molar-refractivity contribution in [2.45, 2.75) is 631 Å². The smallest absolute Gasteiger partial charge is 0.220 e. The van der Waals surface area contributed by atoms with Gasteiger partial charge >= 0.3 is 0 Å². The molecule has 0 rings (SSSR count). The van der Waals surface area contributed by atoms with Crippen LogP contribution in [0.25, 0.3) is 0 Å². The number of rotatable bonds is 98. The second-order valence-electron chi connectivity index (χ2n) is 37.2. The first-order chi connectivity index (χ1) is 54.6. The summed E-state index contributed by atoms with van der Waals surface area (Å²) < 4.78 is 0. The van der Waals surface area contributed by atoms with Gasteiger partial charge in [0.2, 0.25) is 5.60 Å². The molecular formula is C105H206O6. The zero-order chi connectivity index (χ0) is 80.8. The number of ketones is 3. The Kier molecular flexibility index (Phi) is 87.3. The lowest BCUT2D eigenvalue weighted by molar-refractivity contribution is -0.200. The summed E-state index contributed by atoms with van der Waals surface area (Å²) in [5.41, 5.74) is -5.96. The van der Waals surface area contributed by atoms with E-state index >= 15 is 14.4 Å². The molecule has 0 spiro atoms. The quantitative estimate of drug-likeness (QED) is 0.0413. The Morgan fingerprint density at radius 1 is 0.171 bits per heavy atom. The zero-order valence-electron chi connectivity index (χ0n) is 77.1. The van der Waals surface area contributed by atoms with Crippen molar-refractivity contribution in [3.05, 3.63) is 0 Å². The molecule has 1 unspecified atom stereocenters. The van der Waals surface area contributed by atoms with Gasteiger partial charge in [0.15, 0.2) is 23.0 Å². The lowest BCUT2D eigenvalue weighted by atomic mass is 9.64. The van der Waals surface area contributed by atoms with Gasteiger partial charge in [-0.25, -0.2) is 0 Å². The number of unbranched alkanes of at least 4 members (excludes halogenated alkanes) is 78. The molecule has 0 aliphatic heterocycles. The molecule has 0 fully saturated rings. The van der Waals surface area contributed by atoms with Gasteiger partial charge in [-0.2, -0.15) is 0 Å². The maximum absolute atomic E-state index is 16.5. The predicted octanol–water partition coefficient (Wildman–Crippen LogP) is 35.2. The Morgan fingerprint density at radius 2 is 0.270 bits per heavy atom. The minimum Gasteiger partial charge on any atom is -0.393 e. The van der Waals surface area contributed by atoms with Crippen LogP contribution in [0.15, 0.2) is 0 Å². The van der Waals surface area contributed by atoms with Crippen molar-refractivity contribution in [3.63, 3.8) is 0 Å². The SMILES string of the molecule is CCCCCCCCCCCCCCCCC(CCCCCCCCCCCCCCCC)C(=O)C(O)(CO)C(O)(C(=O)C(CCCCCCCCCCCCCCCC)CCCCCCCCCCCCCCCC)C(=O)C(CCCCCCCCCCCCCCCC)CCCCCCCCCCCCCCCC. The lowest BCUT2D eigenvalue weighted by Gasteiger charge is -2.43. The van der Waals surface area contributed by atoms with Gasteiger partial charge in [-0.3, -0.25) is 14.4 Å². The number of Topliss-reactive ketones (excluding diaryl/α,β-unsaturated/α-hetero) is 3. The number of hydrogen-bond acceptors (Lipinski definition) is 6. The molecule has 0 aliphatic carbocycles. The van der Waals surface area contributed by atoms with Gasteiger partial charge < -0.3 is 15.3 Å². The highest BCUT2D eigenvalue weighted by atomic mass is 16.4. The van der Waals surface area contributed by atoms with Crippen LogP contribution in [-0.2, 0) is 14.4 Å². The highest BCUT2D eigenvalue weighted by Gasteiger charge is 2.65. The van der Waals surface area contributed by atoms with Crippen molar-refractivity contribution in [1.29, 1.82) is 0 Å².